The highest BCUT2D eigenvalue weighted by Gasteiger charge is 2.62. The van der Waals surface area contributed by atoms with E-state index in [0.717, 1.165) is 6.08 Å². The lowest BCUT2D eigenvalue weighted by Gasteiger charge is -2.35. The summed E-state index contributed by atoms with van der Waals surface area (Å²) >= 11 is 0. The van der Waals surface area contributed by atoms with E-state index in [1.165, 1.54) is 11.0 Å². The second-order valence-corrected chi connectivity index (χ2v) is 18.1. The molecule has 304 valence electrons. The highest BCUT2D eigenvalue weighted by molar-refractivity contribution is 7.91. The molecule has 7 rings (SSSR count). The molecule has 2 bridgehead atoms. The zero-order chi connectivity index (χ0) is 40.2. The van der Waals surface area contributed by atoms with Crippen LogP contribution in [0.5, 0.6) is 5.88 Å². The van der Waals surface area contributed by atoms with Crippen LogP contribution in [0.3, 0.4) is 0 Å². The van der Waals surface area contributed by atoms with E-state index in [-0.39, 0.29) is 50.2 Å². The lowest BCUT2D eigenvalue weighted by atomic mass is 9.85. The molecule has 7 atom stereocenters. The van der Waals surface area contributed by atoms with E-state index in [2.05, 4.69) is 25.3 Å². The molecule has 1 aromatic carbocycles. The maximum absolute atomic E-state index is 16.0. The Kier molecular flexibility index (Phi) is 10.5. The number of hydrogen-bond acceptors (Lipinski definition) is 12. The van der Waals surface area contributed by atoms with E-state index < -0.39 is 104 Å². The monoisotopic (exact) mass is 804 g/mol. The summed E-state index contributed by atoms with van der Waals surface area (Å²) in [7, 11) is -3.95. The molecule has 2 aliphatic carbocycles. The van der Waals surface area contributed by atoms with Crippen LogP contribution < -0.4 is 20.1 Å². The number of ether oxygens (including phenoxy) is 4. The zero-order valence-electron chi connectivity index (χ0n) is 31.5. The van der Waals surface area contributed by atoms with Gasteiger partial charge in [0, 0.05) is 6.42 Å². The third-order valence-corrected chi connectivity index (χ3v) is 12.7. The van der Waals surface area contributed by atoms with Gasteiger partial charge in [-0.3, -0.25) is 19.1 Å². The normalized spacial score (nSPS) is 31.4. The number of carbonyl (C=O) groups excluding carboxylic acids is 4. The largest absolute Gasteiger partial charge is 0.471 e. The number of alkyl carbamates (subject to hydrolysis) is 1. The molecule has 16 nitrogen and oxygen atoms in total. The first-order valence-electron chi connectivity index (χ1n) is 18.8. The summed E-state index contributed by atoms with van der Waals surface area (Å²) < 4.78 is 82.6. The number of nitrogens with one attached hydrogen (secondary N) is 3. The number of nitrogens with zero attached hydrogens (tertiary/aromatic N) is 3. The van der Waals surface area contributed by atoms with Crippen molar-refractivity contribution in [1.82, 2.24) is 30.2 Å². The van der Waals surface area contributed by atoms with Crippen LogP contribution in [0.25, 0.3) is 11.0 Å². The molecule has 56 heavy (non-hydrogen) atoms. The molecule has 4 amide bonds. The van der Waals surface area contributed by atoms with Gasteiger partial charge in [-0.1, -0.05) is 52.3 Å². The molecule has 3 N–H and O–H groups in total. The van der Waals surface area contributed by atoms with Gasteiger partial charge in [-0.2, -0.15) is 8.78 Å². The molecule has 4 heterocycles. The number of allylic oxidation sites excluding steroid dienone is 1. The Hall–Kier alpha value is -4.49. The molecule has 3 aliphatic heterocycles. The molecule has 4 fully saturated rings. The molecule has 5 aliphatic rings. The number of halogens is 2. The Balaban J connectivity index is 1.25. The Labute approximate surface area is 322 Å². The lowest BCUT2D eigenvalue weighted by Crippen LogP contribution is -2.60. The predicted molar refractivity (Wildman–Crippen MR) is 194 cm³/mol. The van der Waals surface area contributed by atoms with E-state index in [9.17, 15) is 27.6 Å². The number of sulfonamides is 1. The SMILES string of the molecule is CC[C@@H]1C[C@]1(NC(=O)[C@@H]1C[C@@H]2CN1C(=O)[C@H](C(C)(C)C)NC(=O)O[C@@H]1COC[C@H]1OC/C=C/C(F)(F)c1nc3ccccc3nc1O2)C(=O)NS(=O)(=O)C1CC1. The number of para-hydroxylation sites is 2. The fourth-order valence-electron chi connectivity index (χ4n) is 7.45. The molecule has 2 aromatic rings. The van der Waals surface area contributed by atoms with Crippen LogP contribution in [0.2, 0.25) is 0 Å². The lowest BCUT2D eigenvalue weighted by molar-refractivity contribution is -0.143. The summed E-state index contributed by atoms with van der Waals surface area (Å²) in [6.07, 6.45) is -0.874. The first-order chi connectivity index (χ1) is 26.4. The second kappa shape index (κ2) is 14.8. The quantitative estimate of drug-likeness (QED) is 0.361. The minimum atomic E-state index is -3.95. The molecule has 2 saturated heterocycles. The van der Waals surface area contributed by atoms with Crippen LogP contribution in [0, 0.1) is 11.3 Å². The van der Waals surface area contributed by atoms with Gasteiger partial charge in [-0.15, -0.1) is 0 Å². The van der Waals surface area contributed by atoms with E-state index in [1.807, 2.05) is 0 Å². The van der Waals surface area contributed by atoms with Crippen molar-refractivity contribution in [2.75, 3.05) is 26.4 Å². The Morgan fingerprint density at radius 2 is 1.75 bits per heavy atom. The van der Waals surface area contributed by atoms with Crippen molar-refractivity contribution >= 4 is 44.9 Å². The van der Waals surface area contributed by atoms with Crippen molar-refractivity contribution in [2.24, 2.45) is 11.3 Å². The van der Waals surface area contributed by atoms with Gasteiger partial charge >= 0.3 is 12.0 Å². The van der Waals surface area contributed by atoms with Crippen LogP contribution in [-0.4, -0.2) is 115 Å². The summed E-state index contributed by atoms with van der Waals surface area (Å²) in [6.45, 7) is 6.29. The Morgan fingerprint density at radius 3 is 2.41 bits per heavy atom. The Morgan fingerprint density at radius 1 is 1.05 bits per heavy atom. The molecule has 2 saturated carbocycles. The van der Waals surface area contributed by atoms with Crippen LogP contribution in [0.1, 0.15) is 65.5 Å². The topological polar surface area (TPSA) is 204 Å². The molecule has 19 heteroatoms. The minimum Gasteiger partial charge on any atom is -0.471 e. The third-order valence-electron chi connectivity index (χ3n) is 10.9. The van der Waals surface area contributed by atoms with E-state index >= 15 is 8.78 Å². The van der Waals surface area contributed by atoms with Crippen molar-refractivity contribution in [1.29, 1.82) is 0 Å². The molecule has 0 unspecified atom stereocenters. The van der Waals surface area contributed by atoms with Crippen LogP contribution in [-0.2, 0) is 44.5 Å². The summed E-state index contributed by atoms with van der Waals surface area (Å²) in [5.74, 6) is -7.01. The third kappa shape index (κ3) is 8.02. The number of rotatable bonds is 6. The van der Waals surface area contributed by atoms with Gasteiger partial charge in [-0.25, -0.2) is 23.2 Å². The van der Waals surface area contributed by atoms with Gasteiger partial charge < -0.3 is 34.5 Å². The van der Waals surface area contributed by atoms with Crippen LogP contribution >= 0.6 is 0 Å². The van der Waals surface area contributed by atoms with Gasteiger partial charge in [-0.05, 0) is 48.8 Å². The number of hydrogen-bond donors (Lipinski definition) is 3. The van der Waals surface area contributed by atoms with Crippen LogP contribution in [0.4, 0.5) is 13.6 Å². The zero-order valence-corrected chi connectivity index (χ0v) is 32.3. The molecule has 1 aromatic heterocycles. The maximum atomic E-state index is 16.0. The van der Waals surface area contributed by atoms with E-state index in [1.54, 1.807) is 45.9 Å². The fourth-order valence-corrected chi connectivity index (χ4v) is 8.81. The molecule has 0 spiro atoms. The van der Waals surface area contributed by atoms with Gasteiger partial charge in [0.1, 0.15) is 29.8 Å². The van der Waals surface area contributed by atoms with Crippen molar-refractivity contribution < 1.29 is 55.3 Å². The summed E-state index contributed by atoms with van der Waals surface area (Å²) in [6, 6.07) is 3.76. The van der Waals surface area contributed by atoms with E-state index in [0.29, 0.717) is 25.3 Å². The number of carbonyl (C=O) groups is 4. The van der Waals surface area contributed by atoms with Gasteiger partial charge in [0.25, 0.3) is 5.91 Å². The van der Waals surface area contributed by atoms with Gasteiger partial charge in [0.05, 0.1) is 42.6 Å². The summed E-state index contributed by atoms with van der Waals surface area (Å²) in [5.41, 5.74) is -2.89. The predicted octanol–water partition coefficient (Wildman–Crippen LogP) is 2.46. The van der Waals surface area contributed by atoms with Crippen molar-refractivity contribution in [3.63, 3.8) is 0 Å². The van der Waals surface area contributed by atoms with Crippen molar-refractivity contribution in [3.8, 4) is 5.88 Å². The highest BCUT2D eigenvalue weighted by Crippen LogP contribution is 2.47. The van der Waals surface area contributed by atoms with Crippen LogP contribution in [0.15, 0.2) is 36.4 Å². The second-order valence-electron chi connectivity index (χ2n) is 16.1. The number of fused-ring (bicyclic) bond motifs is 5. The minimum absolute atomic E-state index is 0.0226. The first kappa shape index (κ1) is 39.7. The smallest absolute Gasteiger partial charge is 0.408 e. The maximum Gasteiger partial charge on any atom is 0.408 e. The standard InChI is InChI=1S/C37H46F2N6O10S/c1-5-20-16-36(20,33(48)44-56(50,51)22-11-12-22)43-30(46)25-15-21-17-45(25)32(47)29(35(2,3)4)42-34(49)55-27-19-52-18-26(27)53-14-8-13-37(38,39)28-31(54-21)41-24-10-7-6-9-23(24)40-28/h6-10,13,20-22,25-27,29H,5,11-12,14-19H2,1-4H3,(H,42,49)(H,43,46)(H,44,48)/b13-8+/t20-,21-,25+,26-,27-,29-,36-/m1/s1. The first-order valence-corrected chi connectivity index (χ1v) is 20.3. The molecular formula is C37H46F2N6O10S. The molecular weight excluding hydrogens is 759 g/mol. The van der Waals surface area contributed by atoms with Crippen molar-refractivity contribution in [3.05, 3.63) is 42.1 Å². The fraction of sp³-hybridized carbons (Fsp3) is 0.622. The average Bonchev–Trinajstić information content (AvgIpc) is 4.03. The molecule has 0 radical (unpaired) electrons. The van der Waals surface area contributed by atoms with Gasteiger partial charge in [0.15, 0.2) is 11.8 Å². The average molecular weight is 805 g/mol. The van der Waals surface area contributed by atoms with E-state index in [4.69, 9.17) is 18.9 Å². The van der Waals surface area contributed by atoms with Crippen molar-refractivity contribution in [2.45, 2.75) is 107 Å². The highest BCUT2D eigenvalue weighted by atomic mass is 32.2. The summed E-state index contributed by atoms with van der Waals surface area (Å²) in [4.78, 5) is 65.7. The number of alkyl halides is 2. The summed E-state index contributed by atoms with van der Waals surface area (Å²) in [5, 5.41) is 4.72. The number of amides is 4. The number of aromatic nitrogens is 2. The number of benzene rings is 1. The Bertz CT molecular complexity index is 2040. The van der Waals surface area contributed by atoms with Gasteiger partial charge in [0.2, 0.25) is 27.7 Å².